The Labute approximate surface area is 144 Å². The molecule has 0 amide bonds. The molecule has 7 heteroatoms. The summed E-state index contributed by atoms with van der Waals surface area (Å²) in [4.78, 5) is 14.3. The monoisotopic (exact) mass is 350 g/mol. The lowest BCUT2D eigenvalue weighted by Gasteiger charge is -2.26. The number of nitrogen functional groups attached to an aromatic ring is 1. The molecule has 0 bridgehead atoms. The predicted octanol–water partition coefficient (Wildman–Crippen LogP) is 2.58. The second-order valence-electron chi connectivity index (χ2n) is 6.08. The highest BCUT2D eigenvalue weighted by Gasteiger charge is 2.20. The summed E-state index contributed by atoms with van der Waals surface area (Å²) < 4.78 is 5.38. The molecule has 0 atom stereocenters. The number of aryl methyl sites for hydroxylation is 2. The van der Waals surface area contributed by atoms with Gasteiger partial charge in [0.05, 0.1) is 18.6 Å². The van der Waals surface area contributed by atoms with E-state index >= 15 is 0 Å². The van der Waals surface area contributed by atoms with Crippen molar-refractivity contribution >= 4 is 39.1 Å². The van der Waals surface area contributed by atoms with Crippen LogP contribution in [0.5, 0.6) is 0 Å². The van der Waals surface area contributed by atoms with E-state index in [2.05, 4.69) is 9.88 Å². The van der Waals surface area contributed by atoms with Crippen LogP contribution in [-0.2, 0) is 17.6 Å². The van der Waals surface area contributed by atoms with Crippen molar-refractivity contribution in [3.8, 4) is 0 Å². The summed E-state index contributed by atoms with van der Waals surface area (Å²) in [6.07, 6.45) is 4.85. The van der Waals surface area contributed by atoms with Gasteiger partial charge in [0.1, 0.15) is 10.6 Å². The molecule has 2 aromatic rings. The van der Waals surface area contributed by atoms with Crippen molar-refractivity contribution in [3.63, 3.8) is 0 Å². The van der Waals surface area contributed by atoms with Gasteiger partial charge in [-0.15, -0.1) is 11.3 Å². The van der Waals surface area contributed by atoms with Crippen LogP contribution in [0.15, 0.2) is 5.16 Å². The number of thiophene rings is 1. The highest BCUT2D eigenvalue weighted by Crippen LogP contribution is 2.38. The van der Waals surface area contributed by atoms with Gasteiger partial charge in [-0.25, -0.2) is 9.97 Å². The normalized spacial score (nSPS) is 19.1. The molecule has 0 radical (unpaired) electrons. The maximum Gasteiger partial charge on any atom is 0.190 e. The van der Waals surface area contributed by atoms with E-state index in [0.29, 0.717) is 5.82 Å². The standard InChI is InChI=1S/C16H22N4OS2/c17-14-13-11-3-1-2-4-12(11)23-15(13)19-16(18-14)22-10-7-20-5-8-21-9-6-20/h1-10H2,(H2,17,18,19). The fourth-order valence-electron chi connectivity index (χ4n) is 3.32. The van der Waals surface area contributed by atoms with E-state index in [1.54, 1.807) is 11.8 Å². The Morgan fingerprint density at radius 1 is 1.17 bits per heavy atom. The molecule has 2 aliphatic rings. The first-order valence-corrected chi connectivity index (χ1v) is 10.1. The van der Waals surface area contributed by atoms with Gasteiger partial charge in [-0.1, -0.05) is 11.8 Å². The van der Waals surface area contributed by atoms with Gasteiger partial charge in [-0.3, -0.25) is 4.90 Å². The number of rotatable bonds is 4. The number of nitrogens with two attached hydrogens (primary N) is 1. The Bertz CT molecular complexity index is 697. The zero-order valence-electron chi connectivity index (χ0n) is 13.2. The van der Waals surface area contributed by atoms with Crippen LogP contribution in [0.2, 0.25) is 0 Å². The van der Waals surface area contributed by atoms with Crippen molar-refractivity contribution in [1.82, 2.24) is 14.9 Å². The third-order valence-corrected chi connectivity index (χ3v) is 6.58. The van der Waals surface area contributed by atoms with Crippen LogP contribution in [0.1, 0.15) is 23.3 Å². The average molecular weight is 351 g/mol. The quantitative estimate of drug-likeness (QED) is 0.675. The number of fused-ring (bicyclic) bond motifs is 3. The summed E-state index contributed by atoms with van der Waals surface area (Å²) in [6, 6.07) is 0. The summed E-state index contributed by atoms with van der Waals surface area (Å²) in [5, 5.41) is 1.95. The number of hydrogen-bond donors (Lipinski definition) is 1. The molecule has 1 saturated heterocycles. The number of aromatic nitrogens is 2. The Kier molecular flexibility index (Phi) is 4.71. The molecule has 2 N–H and O–H groups in total. The molecule has 5 nitrogen and oxygen atoms in total. The first kappa shape index (κ1) is 15.6. The van der Waals surface area contributed by atoms with Crippen LogP contribution >= 0.6 is 23.1 Å². The van der Waals surface area contributed by atoms with Gasteiger partial charge in [0.25, 0.3) is 0 Å². The van der Waals surface area contributed by atoms with Crippen molar-refractivity contribution in [3.05, 3.63) is 10.4 Å². The lowest BCUT2D eigenvalue weighted by atomic mass is 9.97. The summed E-state index contributed by atoms with van der Waals surface area (Å²) >= 11 is 3.53. The number of anilines is 1. The Balaban J connectivity index is 1.47. The van der Waals surface area contributed by atoms with E-state index in [9.17, 15) is 0 Å². The Morgan fingerprint density at radius 2 is 2.00 bits per heavy atom. The molecule has 124 valence electrons. The van der Waals surface area contributed by atoms with Gasteiger partial charge in [-0.2, -0.15) is 0 Å². The molecule has 1 fully saturated rings. The van der Waals surface area contributed by atoms with E-state index in [1.807, 2.05) is 11.3 Å². The number of thioether (sulfide) groups is 1. The van der Waals surface area contributed by atoms with Crippen molar-refractivity contribution < 1.29 is 4.74 Å². The topological polar surface area (TPSA) is 64.3 Å². The molecule has 0 unspecified atom stereocenters. The van der Waals surface area contributed by atoms with E-state index < -0.39 is 0 Å². The maximum atomic E-state index is 6.26. The fourth-order valence-corrected chi connectivity index (χ4v) is 5.50. The smallest absolute Gasteiger partial charge is 0.190 e. The molecular weight excluding hydrogens is 328 g/mol. The second-order valence-corrected chi connectivity index (χ2v) is 8.23. The summed E-state index contributed by atoms with van der Waals surface area (Å²) in [5.41, 5.74) is 7.67. The number of ether oxygens (including phenoxy) is 1. The van der Waals surface area contributed by atoms with Crippen LogP contribution in [0.3, 0.4) is 0 Å². The van der Waals surface area contributed by atoms with Crippen molar-refractivity contribution in [2.75, 3.05) is 44.3 Å². The molecule has 1 aliphatic heterocycles. The minimum Gasteiger partial charge on any atom is -0.383 e. The van der Waals surface area contributed by atoms with Crippen LogP contribution in [0.4, 0.5) is 5.82 Å². The summed E-state index contributed by atoms with van der Waals surface area (Å²) in [7, 11) is 0. The minimum absolute atomic E-state index is 0.670. The Hall–Kier alpha value is -0.890. The number of nitrogens with zero attached hydrogens (tertiary/aromatic N) is 3. The molecule has 2 aromatic heterocycles. The van der Waals surface area contributed by atoms with Crippen LogP contribution < -0.4 is 5.73 Å². The third kappa shape index (κ3) is 3.33. The molecule has 4 rings (SSSR count). The number of hydrogen-bond acceptors (Lipinski definition) is 7. The maximum absolute atomic E-state index is 6.26. The summed E-state index contributed by atoms with van der Waals surface area (Å²) in [5.74, 6) is 1.67. The summed E-state index contributed by atoms with van der Waals surface area (Å²) in [6.45, 7) is 4.80. The zero-order valence-corrected chi connectivity index (χ0v) is 14.8. The number of morpholine rings is 1. The van der Waals surface area contributed by atoms with Crippen molar-refractivity contribution in [2.45, 2.75) is 30.8 Å². The molecule has 23 heavy (non-hydrogen) atoms. The van der Waals surface area contributed by atoms with Crippen molar-refractivity contribution in [2.24, 2.45) is 0 Å². The van der Waals surface area contributed by atoms with E-state index in [4.69, 9.17) is 15.5 Å². The molecule has 0 saturated carbocycles. The highest BCUT2D eigenvalue weighted by atomic mass is 32.2. The van der Waals surface area contributed by atoms with Gasteiger partial charge in [0.15, 0.2) is 5.16 Å². The van der Waals surface area contributed by atoms with E-state index in [1.165, 1.54) is 29.7 Å². The van der Waals surface area contributed by atoms with Gasteiger partial charge in [-0.05, 0) is 31.2 Å². The third-order valence-electron chi connectivity index (χ3n) is 4.56. The minimum atomic E-state index is 0.670. The van der Waals surface area contributed by atoms with E-state index in [0.717, 1.165) is 60.4 Å². The zero-order chi connectivity index (χ0) is 15.6. The van der Waals surface area contributed by atoms with Crippen molar-refractivity contribution in [1.29, 1.82) is 0 Å². The Morgan fingerprint density at radius 3 is 2.87 bits per heavy atom. The van der Waals surface area contributed by atoms with Gasteiger partial charge >= 0.3 is 0 Å². The van der Waals surface area contributed by atoms with Gasteiger partial charge in [0, 0.05) is 30.3 Å². The molecule has 0 aromatic carbocycles. The van der Waals surface area contributed by atoms with Crippen LogP contribution in [0.25, 0.3) is 10.2 Å². The SMILES string of the molecule is Nc1nc(SCCN2CCOCC2)nc2sc3c(c12)CCCC3. The predicted molar refractivity (Wildman–Crippen MR) is 96.5 cm³/mol. The van der Waals surface area contributed by atoms with Crippen LogP contribution in [-0.4, -0.2) is 53.5 Å². The highest BCUT2D eigenvalue weighted by molar-refractivity contribution is 7.99. The van der Waals surface area contributed by atoms with Gasteiger partial charge < -0.3 is 10.5 Å². The first-order valence-electron chi connectivity index (χ1n) is 8.32. The lowest BCUT2D eigenvalue weighted by Crippen LogP contribution is -2.37. The lowest BCUT2D eigenvalue weighted by molar-refractivity contribution is 0.0410. The molecule has 3 heterocycles. The fraction of sp³-hybridized carbons (Fsp3) is 0.625. The van der Waals surface area contributed by atoms with E-state index in [-0.39, 0.29) is 0 Å². The molecular formula is C16H22N4OS2. The van der Waals surface area contributed by atoms with Gasteiger partial charge in [0.2, 0.25) is 0 Å². The molecule has 0 spiro atoms. The largest absolute Gasteiger partial charge is 0.383 e. The molecule has 1 aliphatic carbocycles. The van der Waals surface area contributed by atoms with Crippen LogP contribution in [0, 0.1) is 0 Å². The second kappa shape index (κ2) is 6.93. The average Bonchev–Trinajstić information content (AvgIpc) is 2.94. The first-order chi connectivity index (χ1) is 11.3.